The van der Waals surface area contributed by atoms with Crippen molar-refractivity contribution in [3.63, 3.8) is 0 Å². The van der Waals surface area contributed by atoms with Crippen molar-refractivity contribution in [2.75, 3.05) is 46.0 Å². The third kappa shape index (κ3) is 4.77. The Morgan fingerprint density at radius 1 is 1.16 bits per heavy atom. The first kappa shape index (κ1) is 22.2. The average Bonchev–Trinajstić information content (AvgIpc) is 2.80. The van der Waals surface area contributed by atoms with Gasteiger partial charge in [-0.1, -0.05) is 12.1 Å². The van der Waals surface area contributed by atoms with Gasteiger partial charge >= 0.3 is 5.97 Å². The number of carbonyl (C=O) groups is 2. The molecule has 2 aliphatic heterocycles. The summed E-state index contributed by atoms with van der Waals surface area (Å²) in [6, 6.07) is 6.52. The topological polar surface area (TPSA) is 59.1 Å². The summed E-state index contributed by atoms with van der Waals surface area (Å²) < 4.78 is 24.2. The second-order valence-electron chi connectivity index (χ2n) is 9.06. The van der Waals surface area contributed by atoms with E-state index in [1.165, 1.54) is 12.1 Å². The van der Waals surface area contributed by atoms with Crippen LogP contribution in [0.4, 0.5) is 4.39 Å². The molecule has 1 aromatic carbocycles. The fourth-order valence-corrected chi connectivity index (χ4v) is 5.62. The summed E-state index contributed by atoms with van der Waals surface area (Å²) in [5, 5.41) is 0. The third-order valence-electron chi connectivity index (χ3n) is 7.35. The van der Waals surface area contributed by atoms with E-state index < -0.39 is 5.41 Å². The fourth-order valence-electron chi connectivity index (χ4n) is 5.62. The van der Waals surface area contributed by atoms with Crippen molar-refractivity contribution in [3.05, 3.63) is 35.6 Å². The molecule has 2 saturated heterocycles. The Morgan fingerprint density at radius 2 is 1.90 bits per heavy atom. The molecule has 1 saturated carbocycles. The van der Waals surface area contributed by atoms with Crippen LogP contribution in [-0.2, 0) is 25.5 Å². The highest BCUT2D eigenvalue weighted by atomic mass is 19.1. The number of hydrogen-bond donors (Lipinski definition) is 0. The van der Waals surface area contributed by atoms with E-state index in [4.69, 9.17) is 9.47 Å². The van der Waals surface area contributed by atoms with Crippen LogP contribution in [0.2, 0.25) is 0 Å². The van der Waals surface area contributed by atoms with Crippen LogP contribution in [0.25, 0.3) is 0 Å². The van der Waals surface area contributed by atoms with Crippen molar-refractivity contribution in [1.82, 2.24) is 9.80 Å². The first-order chi connectivity index (χ1) is 15.0. The molecule has 0 spiro atoms. The molecule has 0 aromatic heterocycles. The number of piperidine rings is 1. The van der Waals surface area contributed by atoms with E-state index in [0.717, 1.165) is 57.6 Å². The van der Waals surface area contributed by atoms with E-state index in [1.54, 1.807) is 12.1 Å². The van der Waals surface area contributed by atoms with Gasteiger partial charge in [0.05, 0.1) is 31.7 Å². The highest BCUT2D eigenvalue weighted by Crippen LogP contribution is 2.48. The molecular weight excluding hydrogens is 399 g/mol. The zero-order valence-electron chi connectivity index (χ0n) is 18.4. The molecule has 1 aromatic rings. The Balaban J connectivity index is 1.47. The van der Waals surface area contributed by atoms with Crippen LogP contribution in [-0.4, -0.2) is 73.7 Å². The Kier molecular flexibility index (Phi) is 6.92. The quantitative estimate of drug-likeness (QED) is 0.670. The van der Waals surface area contributed by atoms with Crippen LogP contribution in [0, 0.1) is 17.2 Å². The summed E-state index contributed by atoms with van der Waals surface area (Å²) in [7, 11) is 0. The number of likely N-dealkylation sites (tertiary alicyclic amines) is 1. The molecule has 170 valence electrons. The van der Waals surface area contributed by atoms with Crippen molar-refractivity contribution < 1.29 is 23.5 Å². The van der Waals surface area contributed by atoms with E-state index >= 15 is 0 Å². The molecule has 0 bridgehead atoms. The Bertz CT molecular complexity index is 780. The average molecular weight is 433 g/mol. The molecule has 31 heavy (non-hydrogen) atoms. The molecule has 0 radical (unpaired) electrons. The van der Waals surface area contributed by atoms with Crippen LogP contribution < -0.4 is 0 Å². The zero-order valence-corrected chi connectivity index (χ0v) is 18.4. The van der Waals surface area contributed by atoms with E-state index in [-0.39, 0.29) is 30.0 Å². The number of halogens is 1. The van der Waals surface area contributed by atoms with Gasteiger partial charge in [0.1, 0.15) is 5.82 Å². The molecular formula is C24H33FN2O4. The minimum atomic E-state index is -0.616. The van der Waals surface area contributed by atoms with Crippen molar-refractivity contribution in [2.45, 2.75) is 45.1 Å². The van der Waals surface area contributed by atoms with Crippen LogP contribution in [0.5, 0.6) is 0 Å². The standard InChI is InChI=1S/C24H33FN2O4/c1-2-31-23(29)24-9-7-21(26-11-13-30-14-12-26)16-19(24)8-10-27(17-24)22(28)15-18-3-5-20(25)6-4-18/h3-6,19,21H,2,7-17H2,1H3/t19-,21-,24-/m1/s1. The smallest absolute Gasteiger partial charge is 0.314 e. The molecule has 4 rings (SSSR count). The Morgan fingerprint density at radius 3 is 2.61 bits per heavy atom. The molecule has 6 nitrogen and oxygen atoms in total. The second-order valence-corrected chi connectivity index (χ2v) is 9.06. The molecule has 1 aliphatic carbocycles. The largest absolute Gasteiger partial charge is 0.466 e. The van der Waals surface area contributed by atoms with Gasteiger partial charge in [0.25, 0.3) is 0 Å². The number of morpholine rings is 1. The molecule has 3 fully saturated rings. The van der Waals surface area contributed by atoms with E-state index in [2.05, 4.69) is 4.90 Å². The first-order valence-corrected chi connectivity index (χ1v) is 11.5. The molecule has 2 heterocycles. The molecule has 7 heteroatoms. The lowest BCUT2D eigenvalue weighted by atomic mass is 9.61. The summed E-state index contributed by atoms with van der Waals surface area (Å²) >= 11 is 0. The van der Waals surface area contributed by atoms with Gasteiger partial charge in [0, 0.05) is 32.2 Å². The van der Waals surface area contributed by atoms with E-state index in [1.807, 2.05) is 11.8 Å². The second kappa shape index (κ2) is 9.65. The van der Waals surface area contributed by atoms with E-state index in [9.17, 15) is 14.0 Å². The van der Waals surface area contributed by atoms with Crippen molar-refractivity contribution >= 4 is 11.9 Å². The number of benzene rings is 1. The normalized spacial score (nSPS) is 29.3. The predicted octanol–water partition coefficient (Wildman–Crippen LogP) is 2.65. The fraction of sp³-hybridized carbons (Fsp3) is 0.667. The van der Waals surface area contributed by atoms with Gasteiger partial charge in [-0.3, -0.25) is 14.5 Å². The summed E-state index contributed by atoms with van der Waals surface area (Å²) in [4.78, 5) is 30.5. The number of ether oxygens (including phenoxy) is 2. The summed E-state index contributed by atoms with van der Waals surface area (Å²) in [5.41, 5.74) is 0.171. The highest BCUT2D eigenvalue weighted by Gasteiger charge is 2.54. The maximum Gasteiger partial charge on any atom is 0.314 e. The first-order valence-electron chi connectivity index (χ1n) is 11.5. The number of fused-ring (bicyclic) bond motifs is 1. The van der Waals surface area contributed by atoms with Crippen molar-refractivity contribution in [3.8, 4) is 0 Å². The van der Waals surface area contributed by atoms with Crippen LogP contribution in [0.1, 0.15) is 38.2 Å². The predicted molar refractivity (Wildman–Crippen MR) is 114 cm³/mol. The molecule has 1 amide bonds. The maximum absolute atomic E-state index is 13.2. The summed E-state index contributed by atoms with van der Waals surface area (Å²) in [6.45, 7) is 6.71. The number of carbonyl (C=O) groups excluding carboxylic acids is 2. The lowest BCUT2D eigenvalue weighted by Gasteiger charge is -2.52. The van der Waals surface area contributed by atoms with Crippen molar-refractivity contribution in [2.24, 2.45) is 11.3 Å². The van der Waals surface area contributed by atoms with Crippen molar-refractivity contribution in [1.29, 1.82) is 0 Å². The minimum Gasteiger partial charge on any atom is -0.466 e. The number of hydrogen-bond acceptors (Lipinski definition) is 5. The van der Waals surface area contributed by atoms with Gasteiger partial charge in [0.2, 0.25) is 5.91 Å². The van der Waals surface area contributed by atoms with Gasteiger partial charge in [-0.15, -0.1) is 0 Å². The molecule has 0 N–H and O–H groups in total. The minimum absolute atomic E-state index is 0.0102. The number of rotatable bonds is 5. The van der Waals surface area contributed by atoms with Crippen LogP contribution in [0.3, 0.4) is 0 Å². The molecule has 3 aliphatic rings. The molecule has 0 unspecified atom stereocenters. The maximum atomic E-state index is 13.2. The SMILES string of the molecule is CCOC(=O)[C@@]12CC[C@@H](N3CCOCC3)C[C@H]1CCN(C(=O)Cc1ccc(F)cc1)C2. The van der Waals surface area contributed by atoms with Crippen LogP contribution >= 0.6 is 0 Å². The zero-order chi connectivity index (χ0) is 21.8. The third-order valence-corrected chi connectivity index (χ3v) is 7.35. The monoisotopic (exact) mass is 432 g/mol. The Hall–Kier alpha value is -1.99. The lowest BCUT2D eigenvalue weighted by Crippen LogP contribution is -2.59. The van der Waals surface area contributed by atoms with Gasteiger partial charge in [-0.05, 0) is 56.2 Å². The highest BCUT2D eigenvalue weighted by molar-refractivity contribution is 5.82. The molecule has 3 atom stereocenters. The van der Waals surface area contributed by atoms with E-state index in [0.29, 0.717) is 25.7 Å². The lowest BCUT2D eigenvalue weighted by molar-refractivity contribution is -0.171. The Labute approximate surface area is 183 Å². The van der Waals surface area contributed by atoms with Gasteiger partial charge in [-0.25, -0.2) is 4.39 Å². The summed E-state index contributed by atoms with van der Waals surface area (Å²) in [5.74, 6) is -0.248. The number of amides is 1. The number of nitrogens with zero attached hydrogens (tertiary/aromatic N) is 2. The van der Waals surface area contributed by atoms with Gasteiger partial charge in [-0.2, -0.15) is 0 Å². The van der Waals surface area contributed by atoms with Crippen LogP contribution in [0.15, 0.2) is 24.3 Å². The summed E-state index contributed by atoms with van der Waals surface area (Å²) in [6.07, 6.45) is 3.70. The van der Waals surface area contributed by atoms with Gasteiger partial charge < -0.3 is 14.4 Å². The van der Waals surface area contributed by atoms with Gasteiger partial charge in [0.15, 0.2) is 0 Å². The number of esters is 1.